The molecule has 0 bridgehead atoms. The van der Waals surface area contributed by atoms with Crippen molar-refractivity contribution in [2.75, 3.05) is 0 Å². The van der Waals surface area contributed by atoms with Crippen molar-refractivity contribution < 1.29 is 4.79 Å². The van der Waals surface area contributed by atoms with E-state index in [0.29, 0.717) is 17.9 Å². The van der Waals surface area contributed by atoms with Gasteiger partial charge < -0.3 is 5.32 Å². The highest BCUT2D eigenvalue weighted by molar-refractivity contribution is 5.46. The molecule has 1 rings (SSSR count). The van der Waals surface area contributed by atoms with Crippen molar-refractivity contribution in [3.63, 3.8) is 0 Å². The highest BCUT2D eigenvalue weighted by Crippen LogP contribution is 2.32. The van der Waals surface area contributed by atoms with Gasteiger partial charge in [0.2, 0.25) is 6.41 Å². The molecular weight excluding hydrogens is 162 g/mol. The lowest BCUT2D eigenvalue weighted by Crippen LogP contribution is -2.39. The maximum absolute atomic E-state index is 10.4. The maximum atomic E-state index is 10.4. The summed E-state index contributed by atoms with van der Waals surface area (Å²) in [5, 5.41) is 2.90. The molecule has 0 heterocycles. The molecular formula is C11H19NO. The Morgan fingerprint density at radius 2 is 2.23 bits per heavy atom. The van der Waals surface area contributed by atoms with E-state index in [-0.39, 0.29) is 0 Å². The molecule has 0 saturated heterocycles. The number of carbonyl (C=O) groups is 1. The minimum Gasteiger partial charge on any atom is -0.356 e. The summed E-state index contributed by atoms with van der Waals surface area (Å²) in [5.41, 5.74) is 1.25. The van der Waals surface area contributed by atoms with Gasteiger partial charge in [0.1, 0.15) is 0 Å². The largest absolute Gasteiger partial charge is 0.356 e. The van der Waals surface area contributed by atoms with Crippen LogP contribution in [0.2, 0.25) is 0 Å². The van der Waals surface area contributed by atoms with Gasteiger partial charge in [0.05, 0.1) is 0 Å². The zero-order valence-electron chi connectivity index (χ0n) is 8.55. The number of carbonyl (C=O) groups excluding carboxylic acids is 1. The molecule has 3 unspecified atom stereocenters. The normalized spacial score (nSPS) is 33.8. The lowest BCUT2D eigenvalue weighted by molar-refractivity contribution is -0.110. The first kappa shape index (κ1) is 10.3. The van der Waals surface area contributed by atoms with Gasteiger partial charge in [0.15, 0.2) is 0 Å². The SMILES string of the molecule is C=C(C)C1CCC(C)C(NC=O)C1. The summed E-state index contributed by atoms with van der Waals surface area (Å²) in [7, 11) is 0. The monoisotopic (exact) mass is 181 g/mol. The summed E-state index contributed by atoms with van der Waals surface area (Å²) in [5.74, 6) is 1.22. The fourth-order valence-corrected chi connectivity index (χ4v) is 2.09. The molecule has 0 aromatic rings. The van der Waals surface area contributed by atoms with Gasteiger partial charge in [-0.1, -0.05) is 19.1 Å². The molecule has 3 atom stereocenters. The molecule has 0 radical (unpaired) electrons. The van der Waals surface area contributed by atoms with E-state index in [9.17, 15) is 4.79 Å². The molecule has 0 aromatic carbocycles. The molecule has 2 nitrogen and oxygen atoms in total. The average Bonchev–Trinajstić information content (AvgIpc) is 2.08. The molecule has 13 heavy (non-hydrogen) atoms. The highest BCUT2D eigenvalue weighted by Gasteiger charge is 2.27. The van der Waals surface area contributed by atoms with Crippen LogP contribution in [0, 0.1) is 11.8 Å². The van der Waals surface area contributed by atoms with E-state index in [4.69, 9.17) is 0 Å². The lowest BCUT2D eigenvalue weighted by Gasteiger charge is -2.34. The number of nitrogens with one attached hydrogen (secondary N) is 1. The summed E-state index contributed by atoms with van der Waals surface area (Å²) in [4.78, 5) is 10.4. The third kappa shape index (κ3) is 2.58. The Morgan fingerprint density at radius 3 is 2.77 bits per heavy atom. The number of hydrogen-bond acceptors (Lipinski definition) is 1. The van der Waals surface area contributed by atoms with E-state index in [0.717, 1.165) is 12.8 Å². The molecule has 1 fully saturated rings. The van der Waals surface area contributed by atoms with Gasteiger partial charge in [0.25, 0.3) is 0 Å². The second-order valence-corrected chi connectivity index (χ2v) is 4.22. The van der Waals surface area contributed by atoms with Gasteiger partial charge in [-0.3, -0.25) is 4.79 Å². The van der Waals surface area contributed by atoms with Crippen LogP contribution in [-0.4, -0.2) is 12.5 Å². The summed E-state index contributed by atoms with van der Waals surface area (Å²) >= 11 is 0. The average molecular weight is 181 g/mol. The van der Waals surface area contributed by atoms with Gasteiger partial charge in [-0.05, 0) is 38.0 Å². The van der Waals surface area contributed by atoms with E-state index in [2.05, 4.69) is 25.7 Å². The Kier molecular flexibility index (Phi) is 3.52. The first-order valence-electron chi connectivity index (χ1n) is 5.00. The molecule has 1 amide bonds. The lowest BCUT2D eigenvalue weighted by atomic mass is 9.77. The Morgan fingerprint density at radius 1 is 1.54 bits per heavy atom. The van der Waals surface area contributed by atoms with Gasteiger partial charge in [-0.2, -0.15) is 0 Å². The topological polar surface area (TPSA) is 29.1 Å². The predicted molar refractivity (Wildman–Crippen MR) is 54.3 cm³/mol. The van der Waals surface area contributed by atoms with Crippen LogP contribution in [-0.2, 0) is 4.79 Å². The predicted octanol–water partition coefficient (Wildman–Crippen LogP) is 2.11. The summed E-state index contributed by atoms with van der Waals surface area (Å²) in [6.45, 7) is 8.27. The maximum Gasteiger partial charge on any atom is 0.207 e. The molecule has 0 spiro atoms. The van der Waals surface area contributed by atoms with E-state index >= 15 is 0 Å². The zero-order chi connectivity index (χ0) is 9.84. The Labute approximate surface area is 80.4 Å². The van der Waals surface area contributed by atoms with Crippen molar-refractivity contribution in [1.82, 2.24) is 5.32 Å². The molecule has 1 N–H and O–H groups in total. The van der Waals surface area contributed by atoms with Crippen LogP contribution < -0.4 is 5.32 Å². The van der Waals surface area contributed by atoms with Crippen molar-refractivity contribution in [3.8, 4) is 0 Å². The van der Waals surface area contributed by atoms with Gasteiger partial charge in [-0.15, -0.1) is 0 Å². The fourth-order valence-electron chi connectivity index (χ4n) is 2.09. The summed E-state index contributed by atoms with van der Waals surface area (Å²) < 4.78 is 0. The van der Waals surface area contributed by atoms with Gasteiger partial charge >= 0.3 is 0 Å². The second-order valence-electron chi connectivity index (χ2n) is 4.22. The molecule has 2 heteroatoms. The third-order valence-corrected chi connectivity index (χ3v) is 3.17. The van der Waals surface area contributed by atoms with E-state index < -0.39 is 0 Å². The molecule has 1 saturated carbocycles. The summed E-state index contributed by atoms with van der Waals surface area (Å²) in [6.07, 6.45) is 4.31. The molecule has 74 valence electrons. The van der Waals surface area contributed by atoms with E-state index in [1.165, 1.54) is 18.4 Å². The highest BCUT2D eigenvalue weighted by atomic mass is 16.1. The zero-order valence-corrected chi connectivity index (χ0v) is 8.55. The Hall–Kier alpha value is -0.790. The van der Waals surface area contributed by atoms with Crippen LogP contribution >= 0.6 is 0 Å². The van der Waals surface area contributed by atoms with Crippen molar-refractivity contribution in [2.24, 2.45) is 11.8 Å². The number of hydrogen-bond donors (Lipinski definition) is 1. The minimum atomic E-state index is 0.355. The van der Waals surface area contributed by atoms with E-state index in [1.54, 1.807) is 0 Å². The van der Waals surface area contributed by atoms with Crippen LogP contribution in [0.3, 0.4) is 0 Å². The second kappa shape index (κ2) is 4.45. The quantitative estimate of drug-likeness (QED) is 0.524. The Bertz CT molecular complexity index is 200. The van der Waals surface area contributed by atoms with Crippen molar-refractivity contribution in [2.45, 2.75) is 39.2 Å². The molecule has 0 aliphatic heterocycles. The third-order valence-electron chi connectivity index (χ3n) is 3.17. The van der Waals surface area contributed by atoms with Crippen molar-refractivity contribution in [3.05, 3.63) is 12.2 Å². The van der Waals surface area contributed by atoms with Crippen molar-refractivity contribution >= 4 is 6.41 Å². The number of rotatable bonds is 3. The molecule has 0 aromatic heterocycles. The van der Waals surface area contributed by atoms with Crippen molar-refractivity contribution in [1.29, 1.82) is 0 Å². The fraction of sp³-hybridized carbons (Fsp3) is 0.727. The minimum absolute atomic E-state index is 0.355. The molecule has 1 aliphatic carbocycles. The first-order valence-corrected chi connectivity index (χ1v) is 5.00. The number of allylic oxidation sites excluding steroid dienone is 1. The standard InChI is InChI=1S/C11H19NO/c1-8(2)10-5-4-9(3)11(6-10)12-7-13/h7,9-11H,1,4-6H2,2-3H3,(H,12,13). The van der Waals surface area contributed by atoms with Crippen LogP contribution in [0.4, 0.5) is 0 Å². The van der Waals surface area contributed by atoms with Crippen LogP contribution in [0.25, 0.3) is 0 Å². The van der Waals surface area contributed by atoms with E-state index in [1.807, 2.05) is 0 Å². The van der Waals surface area contributed by atoms with Crippen LogP contribution in [0.5, 0.6) is 0 Å². The first-order chi connectivity index (χ1) is 6.15. The van der Waals surface area contributed by atoms with Crippen LogP contribution in [0.15, 0.2) is 12.2 Å². The Balaban J connectivity index is 2.52. The number of amides is 1. The summed E-state index contributed by atoms with van der Waals surface area (Å²) in [6, 6.07) is 0.355. The van der Waals surface area contributed by atoms with Gasteiger partial charge in [0, 0.05) is 6.04 Å². The van der Waals surface area contributed by atoms with Gasteiger partial charge in [-0.25, -0.2) is 0 Å². The smallest absolute Gasteiger partial charge is 0.207 e. The van der Waals surface area contributed by atoms with Crippen LogP contribution in [0.1, 0.15) is 33.1 Å². The molecule has 1 aliphatic rings.